The minimum Gasteiger partial charge on any atom is -0.396 e. The Morgan fingerprint density at radius 2 is 1.22 bits per heavy atom. The number of ether oxygens (including phenoxy) is 6. The van der Waals surface area contributed by atoms with Crippen molar-refractivity contribution in [2.75, 3.05) is 85.9 Å². The number of aliphatic hydroxyl groups excluding tert-OH is 2. The first-order valence-corrected chi connectivity index (χ1v) is 9.77. The van der Waals surface area contributed by atoms with Gasteiger partial charge in [0.05, 0.1) is 92.0 Å². The van der Waals surface area contributed by atoms with E-state index in [-0.39, 0.29) is 24.7 Å². The zero-order valence-corrected chi connectivity index (χ0v) is 17.3. The summed E-state index contributed by atoms with van der Waals surface area (Å²) in [4.78, 5) is 0. The highest BCUT2D eigenvalue weighted by atomic mass is 16.6. The third-order valence-corrected chi connectivity index (χ3v) is 3.61. The zero-order valence-electron chi connectivity index (χ0n) is 17.3. The van der Waals surface area contributed by atoms with E-state index in [0.717, 1.165) is 6.42 Å². The highest BCUT2D eigenvalue weighted by molar-refractivity contribution is 4.65. The summed E-state index contributed by atoms with van der Waals surface area (Å²) in [6.45, 7) is 11.5. The summed E-state index contributed by atoms with van der Waals surface area (Å²) in [6.07, 6.45) is 0.915. The van der Waals surface area contributed by atoms with Crippen molar-refractivity contribution in [1.82, 2.24) is 0 Å². The van der Waals surface area contributed by atoms with Crippen LogP contribution in [0.25, 0.3) is 0 Å². The molecule has 0 aliphatic carbocycles. The van der Waals surface area contributed by atoms with E-state index in [1.54, 1.807) is 0 Å². The average Bonchev–Trinajstić information content (AvgIpc) is 2.67. The SMILES string of the molecule is CCC(COCCOCCOCC(C)(C)CO)OCCOCCOCCO. The topological polar surface area (TPSA) is 95.8 Å². The van der Waals surface area contributed by atoms with Crippen molar-refractivity contribution in [2.24, 2.45) is 5.41 Å². The summed E-state index contributed by atoms with van der Waals surface area (Å²) < 4.78 is 32.7. The van der Waals surface area contributed by atoms with Crippen molar-refractivity contribution < 1.29 is 38.6 Å². The maximum absolute atomic E-state index is 9.12. The van der Waals surface area contributed by atoms with E-state index < -0.39 is 0 Å². The predicted octanol–water partition coefficient (Wildman–Crippen LogP) is 0.875. The lowest BCUT2D eigenvalue weighted by Crippen LogP contribution is -2.25. The second kappa shape index (κ2) is 19.0. The Hall–Kier alpha value is -0.320. The molecule has 0 bridgehead atoms. The summed E-state index contributed by atoms with van der Waals surface area (Å²) in [5, 5.41) is 17.7. The lowest BCUT2D eigenvalue weighted by Gasteiger charge is -2.21. The number of rotatable bonds is 21. The van der Waals surface area contributed by atoms with E-state index in [9.17, 15) is 0 Å². The van der Waals surface area contributed by atoms with E-state index >= 15 is 0 Å². The molecule has 8 heteroatoms. The predicted molar refractivity (Wildman–Crippen MR) is 102 cm³/mol. The Bertz CT molecular complexity index is 301. The Morgan fingerprint density at radius 1 is 0.704 bits per heavy atom. The molecule has 164 valence electrons. The van der Waals surface area contributed by atoms with Crippen molar-refractivity contribution in [3.63, 3.8) is 0 Å². The minimum atomic E-state index is -0.211. The molecule has 8 nitrogen and oxygen atoms in total. The van der Waals surface area contributed by atoms with Gasteiger partial charge < -0.3 is 38.6 Å². The van der Waals surface area contributed by atoms with Crippen molar-refractivity contribution >= 4 is 0 Å². The van der Waals surface area contributed by atoms with Gasteiger partial charge in [-0.2, -0.15) is 0 Å². The second-order valence-electron chi connectivity index (χ2n) is 6.91. The van der Waals surface area contributed by atoms with Crippen LogP contribution in [0.5, 0.6) is 0 Å². The molecule has 0 aromatic carbocycles. The molecule has 2 N–H and O–H groups in total. The molecule has 0 fully saturated rings. The van der Waals surface area contributed by atoms with Gasteiger partial charge in [0.25, 0.3) is 0 Å². The van der Waals surface area contributed by atoms with Crippen molar-refractivity contribution in [2.45, 2.75) is 33.3 Å². The van der Waals surface area contributed by atoms with E-state index in [2.05, 4.69) is 6.92 Å². The maximum atomic E-state index is 9.12. The van der Waals surface area contributed by atoms with Crippen LogP contribution in [0, 0.1) is 5.41 Å². The third kappa shape index (κ3) is 18.8. The standard InChI is InChI=1S/C19H40O8/c1-4-18(27-14-13-24-8-7-22-6-5-20)15-25-11-9-23-10-12-26-17-19(2,3)16-21/h18,20-21H,4-17H2,1-3H3. The molecule has 0 radical (unpaired) electrons. The normalized spacial score (nSPS) is 13.2. The van der Waals surface area contributed by atoms with Crippen LogP contribution in [0.3, 0.4) is 0 Å². The maximum Gasteiger partial charge on any atom is 0.0807 e. The number of hydrogen-bond acceptors (Lipinski definition) is 8. The summed E-state index contributed by atoms with van der Waals surface area (Å²) in [7, 11) is 0. The van der Waals surface area contributed by atoms with Crippen molar-refractivity contribution in [1.29, 1.82) is 0 Å². The van der Waals surface area contributed by atoms with Gasteiger partial charge in [0.1, 0.15) is 0 Å². The van der Waals surface area contributed by atoms with Crippen LogP contribution in [-0.2, 0) is 28.4 Å². The monoisotopic (exact) mass is 396 g/mol. The molecule has 27 heavy (non-hydrogen) atoms. The Balaban J connectivity index is 3.38. The smallest absolute Gasteiger partial charge is 0.0807 e. The van der Waals surface area contributed by atoms with Crippen LogP contribution >= 0.6 is 0 Å². The van der Waals surface area contributed by atoms with Crippen LogP contribution in [0.15, 0.2) is 0 Å². The van der Waals surface area contributed by atoms with Crippen molar-refractivity contribution in [3.05, 3.63) is 0 Å². The summed E-state index contributed by atoms with van der Waals surface area (Å²) >= 11 is 0. The van der Waals surface area contributed by atoms with Gasteiger partial charge in [-0.15, -0.1) is 0 Å². The molecule has 0 aromatic heterocycles. The molecule has 0 saturated heterocycles. The average molecular weight is 397 g/mol. The highest BCUT2D eigenvalue weighted by Crippen LogP contribution is 2.13. The molecule has 0 aromatic rings. The van der Waals surface area contributed by atoms with Gasteiger partial charge >= 0.3 is 0 Å². The highest BCUT2D eigenvalue weighted by Gasteiger charge is 2.16. The van der Waals surface area contributed by atoms with Gasteiger partial charge in [0, 0.05) is 5.41 Å². The largest absolute Gasteiger partial charge is 0.396 e. The van der Waals surface area contributed by atoms with Gasteiger partial charge in [-0.05, 0) is 6.42 Å². The van der Waals surface area contributed by atoms with E-state index in [1.807, 2.05) is 13.8 Å². The fraction of sp³-hybridized carbons (Fsp3) is 1.00. The molecule has 0 aliphatic heterocycles. The molecular weight excluding hydrogens is 356 g/mol. The first kappa shape index (κ1) is 26.7. The second-order valence-corrected chi connectivity index (χ2v) is 6.91. The first-order valence-electron chi connectivity index (χ1n) is 9.77. The molecule has 0 heterocycles. The quantitative estimate of drug-likeness (QED) is 0.276. The van der Waals surface area contributed by atoms with Gasteiger partial charge in [0.2, 0.25) is 0 Å². The van der Waals surface area contributed by atoms with Crippen LogP contribution in [0.4, 0.5) is 0 Å². The number of aliphatic hydroxyl groups is 2. The fourth-order valence-electron chi connectivity index (χ4n) is 1.89. The fourth-order valence-corrected chi connectivity index (χ4v) is 1.89. The summed E-state index contributed by atoms with van der Waals surface area (Å²) in [5.74, 6) is 0. The van der Waals surface area contributed by atoms with Gasteiger partial charge in [-0.25, -0.2) is 0 Å². The molecule has 0 saturated carbocycles. The zero-order chi connectivity index (χ0) is 20.2. The molecular formula is C19H40O8. The van der Waals surface area contributed by atoms with E-state index in [4.69, 9.17) is 38.6 Å². The third-order valence-electron chi connectivity index (χ3n) is 3.61. The number of hydrogen-bond donors (Lipinski definition) is 2. The minimum absolute atomic E-state index is 0.0308. The molecule has 1 atom stereocenters. The van der Waals surface area contributed by atoms with E-state index in [0.29, 0.717) is 72.7 Å². The van der Waals surface area contributed by atoms with Gasteiger partial charge in [-0.3, -0.25) is 0 Å². The molecule has 0 rings (SSSR count). The molecule has 1 unspecified atom stereocenters. The first-order chi connectivity index (χ1) is 13.1. The molecule has 0 aliphatic rings. The summed E-state index contributed by atoms with van der Waals surface area (Å²) in [6, 6.07) is 0. The van der Waals surface area contributed by atoms with Crippen LogP contribution < -0.4 is 0 Å². The lowest BCUT2D eigenvalue weighted by atomic mass is 9.97. The van der Waals surface area contributed by atoms with Crippen LogP contribution in [-0.4, -0.2) is 102 Å². The van der Waals surface area contributed by atoms with Gasteiger partial charge in [0.15, 0.2) is 0 Å². The Labute approximate surface area is 164 Å². The van der Waals surface area contributed by atoms with Crippen LogP contribution in [0.1, 0.15) is 27.2 Å². The lowest BCUT2D eigenvalue weighted by molar-refractivity contribution is -0.0568. The summed E-state index contributed by atoms with van der Waals surface area (Å²) in [5.41, 5.74) is -0.211. The van der Waals surface area contributed by atoms with Gasteiger partial charge in [-0.1, -0.05) is 20.8 Å². The Morgan fingerprint density at radius 3 is 1.78 bits per heavy atom. The van der Waals surface area contributed by atoms with Crippen LogP contribution in [0.2, 0.25) is 0 Å². The molecule has 0 amide bonds. The van der Waals surface area contributed by atoms with Crippen molar-refractivity contribution in [3.8, 4) is 0 Å². The Kier molecular flexibility index (Phi) is 18.8. The molecule has 0 spiro atoms. The van der Waals surface area contributed by atoms with E-state index in [1.165, 1.54) is 0 Å².